The van der Waals surface area contributed by atoms with Gasteiger partial charge in [0, 0.05) is 7.05 Å². The highest BCUT2D eigenvalue weighted by Crippen LogP contribution is 2.23. The number of nitrogens with two attached hydrogens (primary N) is 1. The minimum Gasteiger partial charge on any atom is -0.394 e. The van der Waals surface area contributed by atoms with E-state index in [1.165, 1.54) is 22.2 Å². The summed E-state index contributed by atoms with van der Waals surface area (Å²) in [6.45, 7) is 0. The van der Waals surface area contributed by atoms with Crippen molar-refractivity contribution in [1.82, 2.24) is 9.78 Å². The van der Waals surface area contributed by atoms with Crippen molar-refractivity contribution in [3.8, 4) is 0 Å². The second-order valence-electron chi connectivity index (χ2n) is 3.13. The van der Waals surface area contributed by atoms with Gasteiger partial charge >= 0.3 is 0 Å². The molecule has 0 saturated carbocycles. The molecule has 0 atom stereocenters. The van der Waals surface area contributed by atoms with Crippen molar-refractivity contribution in [3.63, 3.8) is 0 Å². The predicted molar refractivity (Wildman–Crippen MR) is 64.9 cm³/mol. The van der Waals surface area contributed by atoms with Crippen LogP contribution in [0.2, 0.25) is 4.34 Å². The summed E-state index contributed by atoms with van der Waals surface area (Å²) in [5, 5.41) is 6.60. The lowest BCUT2D eigenvalue weighted by Gasteiger charge is -2.04. The monoisotopic (exact) mass is 256 g/mol. The zero-order chi connectivity index (χ0) is 11.7. The lowest BCUT2D eigenvalue weighted by atomic mass is 10.4. The summed E-state index contributed by atoms with van der Waals surface area (Å²) in [7, 11) is 1.70. The van der Waals surface area contributed by atoms with Crippen LogP contribution in [0.1, 0.15) is 9.67 Å². The Morgan fingerprint density at radius 2 is 2.38 bits per heavy atom. The normalized spacial score (nSPS) is 10.4. The molecule has 0 spiro atoms. The molecule has 0 aromatic carbocycles. The molecule has 2 heterocycles. The maximum absolute atomic E-state index is 11.8. The Hall–Kier alpha value is -1.53. The van der Waals surface area contributed by atoms with E-state index in [0.717, 1.165) is 0 Å². The van der Waals surface area contributed by atoms with Gasteiger partial charge < -0.3 is 11.1 Å². The Kier molecular flexibility index (Phi) is 2.84. The van der Waals surface area contributed by atoms with Gasteiger partial charge in [0.25, 0.3) is 5.91 Å². The number of carbonyl (C=O) groups is 1. The quantitative estimate of drug-likeness (QED) is 0.863. The number of thiophene rings is 1. The number of nitrogens with one attached hydrogen (secondary N) is 1. The summed E-state index contributed by atoms with van der Waals surface area (Å²) in [4.78, 5) is 12.3. The summed E-state index contributed by atoms with van der Waals surface area (Å²) in [6.07, 6.45) is 1.48. The van der Waals surface area contributed by atoms with E-state index in [-0.39, 0.29) is 5.91 Å². The number of anilines is 2. The number of halogens is 1. The van der Waals surface area contributed by atoms with Crippen LogP contribution in [0.4, 0.5) is 11.5 Å². The lowest BCUT2D eigenvalue weighted by molar-refractivity contribution is 0.102. The molecule has 3 N–H and O–H groups in total. The number of hydrogen-bond acceptors (Lipinski definition) is 4. The molecule has 2 aromatic rings. The van der Waals surface area contributed by atoms with Crippen LogP contribution >= 0.6 is 22.9 Å². The maximum Gasteiger partial charge on any atom is 0.266 e. The topological polar surface area (TPSA) is 72.9 Å². The van der Waals surface area contributed by atoms with Crippen molar-refractivity contribution in [2.24, 2.45) is 7.05 Å². The number of carbonyl (C=O) groups excluding carboxylic acids is 1. The molecule has 0 aliphatic heterocycles. The molecule has 0 aliphatic carbocycles. The van der Waals surface area contributed by atoms with E-state index < -0.39 is 0 Å². The third-order valence-electron chi connectivity index (χ3n) is 2.00. The van der Waals surface area contributed by atoms with Gasteiger partial charge in [0.2, 0.25) is 0 Å². The number of nitrogen functional groups attached to an aromatic ring is 1. The SMILES string of the molecule is Cn1ncc(N)c1NC(=O)c1ccc(Cl)s1. The van der Waals surface area contributed by atoms with Gasteiger partial charge in [0.1, 0.15) is 0 Å². The Balaban J connectivity index is 2.20. The second kappa shape index (κ2) is 4.15. The molecule has 0 saturated heterocycles. The minimum atomic E-state index is -0.243. The molecule has 1 amide bonds. The Morgan fingerprint density at radius 3 is 2.88 bits per heavy atom. The molecule has 84 valence electrons. The van der Waals surface area contributed by atoms with E-state index >= 15 is 0 Å². The van der Waals surface area contributed by atoms with Crippen LogP contribution in [-0.2, 0) is 7.05 Å². The molecule has 2 aromatic heterocycles. The number of aryl methyl sites for hydroxylation is 1. The molecule has 0 radical (unpaired) electrons. The first-order chi connectivity index (χ1) is 7.58. The smallest absolute Gasteiger partial charge is 0.266 e. The molecule has 16 heavy (non-hydrogen) atoms. The highest BCUT2D eigenvalue weighted by molar-refractivity contribution is 7.18. The molecule has 2 rings (SSSR count). The van der Waals surface area contributed by atoms with Crippen LogP contribution < -0.4 is 11.1 Å². The van der Waals surface area contributed by atoms with Gasteiger partial charge in [-0.25, -0.2) is 0 Å². The number of rotatable bonds is 2. The van der Waals surface area contributed by atoms with Crippen LogP contribution in [0.15, 0.2) is 18.3 Å². The molecular formula is C9H9ClN4OS. The number of aromatic nitrogens is 2. The molecule has 0 aliphatic rings. The fraction of sp³-hybridized carbons (Fsp3) is 0.111. The average Bonchev–Trinajstić information content (AvgIpc) is 2.79. The summed E-state index contributed by atoms with van der Waals surface area (Å²) >= 11 is 6.96. The standard InChI is InChI=1S/C9H9ClN4OS/c1-14-8(5(11)4-12-14)13-9(15)6-2-3-7(10)16-6/h2-4H,11H2,1H3,(H,13,15). The van der Waals surface area contributed by atoms with E-state index in [9.17, 15) is 4.79 Å². The van der Waals surface area contributed by atoms with Crippen molar-refractivity contribution in [2.45, 2.75) is 0 Å². The van der Waals surface area contributed by atoms with Gasteiger partial charge in [-0.15, -0.1) is 11.3 Å². The summed E-state index contributed by atoms with van der Waals surface area (Å²) in [5.41, 5.74) is 6.08. The van der Waals surface area contributed by atoms with Crippen LogP contribution in [0.25, 0.3) is 0 Å². The Morgan fingerprint density at radius 1 is 1.62 bits per heavy atom. The van der Waals surface area contributed by atoms with Crippen LogP contribution in [-0.4, -0.2) is 15.7 Å². The zero-order valence-corrected chi connectivity index (χ0v) is 9.97. The maximum atomic E-state index is 11.8. The third kappa shape index (κ3) is 2.02. The van der Waals surface area contributed by atoms with Gasteiger partial charge in [-0.3, -0.25) is 9.48 Å². The van der Waals surface area contributed by atoms with Crippen LogP contribution in [0, 0.1) is 0 Å². The first kappa shape index (κ1) is 11.0. The van der Waals surface area contributed by atoms with Crippen molar-refractivity contribution in [3.05, 3.63) is 27.5 Å². The molecule has 0 fully saturated rings. The van der Waals surface area contributed by atoms with Crippen LogP contribution in [0.5, 0.6) is 0 Å². The third-order valence-corrected chi connectivity index (χ3v) is 3.23. The first-order valence-corrected chi connectivity index (χ1v) is 5.61. The largest absolute Gasteiger partial charge is 0.394 e. The minimum absolute atomic E-state index is 0.243. The molecule has 7 heteroatoms. The highest BCUT2D eigenvalue weighted by atomic mass is 35.5. The van der Waals surface area contributed by atoms with Crippen molar-refractivity contribution in [1.29, 1.82) is 0 Å². The number of nitrogens with zero attached hydrogens (tertiary/aromatic N) is 2. The average molecular weight is 257 g/mol. The molecule has 0 unspecified atom stereocenters. The van der Waals surface area contributed by atoms with Gasteiger partial charge in [0.05, 0.1) is 21.1 Å². The van der Waals surface area contributed by atoms with Gasteiger partial charge in [-0.2, -0.15) is 5.10 Å². The zero-order valence-electron chi connectivity index (χ0n) is 8.40. The summed E-state index contributed by atoms with van der Waals surface area (Å²) in [6, 6.07) is 3.34. The van der Waals surface area contributed by atoms with Crippen molar-refractivity contribution in [2.75, 3.05) is 11.1 Å². The fourth-order valence-corrected chi connectivity index (χ4v) is 2.15. The molecular weight excluding hydrogens is 248 g/mol. The van der Waals surface area contributed by atoms with E-state index in [4.69, 9.17) is 17.3 Å². The van der Waals surface area contributed by atoms with Gasteiger partial charge in [-0.1, -0.05) is 11.6 Å². The second-order valence-corrected chi connectivity index (χ2v) is 4.85. The number of amides is 1. The first-order valence-electron chi connectivity index (χ1n) is 4.42. The van der Waals surface area contributed by atoms with E-state index in [1.807, 2.05) is 0 Å². The fourth-order valence-electron chi connectivity index (χ4n) is 1.21. The van der Waals surface area contributed by atoms with Gasteiger partial charge in [-0.05, 0) is 12.1 Å². The highest BCUT2D eigenvalue weighted by Gasteiger charge is 2.13. The summed E-state index contributed by atoms with van der Waals surface area (Å²) < 4.78 is 2.07. The van der Waals surface area contributed by atoms with E-state index in [1.54, 1.807) is 19.2 Å². The van der Waals surface area contributed by atoms with Crippen LogP contribution in [0.3, 0.4) is 0 Å². The van der Waals surface area contributed by atoms with E-state index in [0.29, 0.717) is 20.7 Å². The Bertz CT molecular complexity index is 514. The van der Waals surface area contributed by atoms with Gasteiger partial charge in [0.15, 0.2) is 5.82 Å². The number of hydrogen-bond donors (Lipinski definition) is 2. The lowest BCUT2D eigenvalue weighted by Crippen LogP contribution is -2.14. The predicted octanol–water partition coefficient (Wildman–Crippen LogP) is 1.97. The molecule has 0 bridgehead atoms. The summed E-state index contributed by atoms with van der Waals surface area (Å²) in [5.74, 6) is 0.238. The molecule has 5 nitrogen and oxygen atoms in total. The van der Waals surface area contributed by atoms with E-state index in [2.05, 4.69) is 10.4 Å². The van der Waals surface area contributed by atoms with Crippen molar-refractivity contribution >= 4 is 40.4 Å². The van der Waals surface area contributed by atoms with Crippen molar-refractivity contribution < 1.29 is 4.79 Å². The Labute approximate surface area is 101 Å².